The molecule has 0 spiro atoms. The van der Waals surface area contributed by atoms with Gasteiger partial charge >= 0.3 is 0 Å². The summed E-state index contributed by atoms with van der Waals surface area (Å²) < 4.78 is 5.76. The average molecular weight is 338 g/mol. The fourth-order valence-electron chi connectivity index (χ4n) is 3.09. The van der Waals surface area contributed by atoms with E-state index in [-0.39, 0.29) is 5.91 Å². The van der Waals surface area contributed by atoms with Crippen molar-refractivity contribution in [3.05, 3.63) is 65.7 Å². The quantitative estimate of drug-likeness (QED) is 0.840. The smallest absolute Gasteiger partial charge is 0.263 e. The Labute approximate surface area is 150 Å². The number of hydrogen-bond acceptors (Lipinski definition) is 3. The van der Waals surface area contributed by atoms with E-state index in [4.69, 9.17) is 4.74 Å². The number of benzene rings is 2. The van der Waals surface area contributed by atoms with Crippen LogP contribution in [0.2, 0.25) is 0 Å². The van der Waals surface area contributed by atoms with Gasteiger partial charge in [-0.15, -0.1) is 0 Å². The molecule has 1 heterocycles. The van der Waals surface area contributed by atoms with Gasteiger partial charge in [0, 0.05) is 32.7 Å². The van der Waals surface area contributed by atoms with Crippen molar-refractivity contribution in [2.45, 2.75) is 26.5 Å². The highest BCUT2D eigenvalue weighted by Crippen LogP contribution is 2.14. The van der Waals surface area contributed by atoms with Crippen LogP contribution in [0.15, 0.2) is 54.6 Å². The molecule has 1 aliphatic rings. The summed E-state index contributed by atoms with van der Waals surface area (Å²) in [7, 11) is 0. The monoisotopic (exact) mass is 338 g/mol. The molecule has 0 radical (unpaired) electrons. The predicted octanol–water partition coefficient (Wildman–Crippen LogP) is 3.11. The van der Waals surface area contributed by atoms with Crippen molar-refractivity contribution in [2.24, 2.45) is 0 Å². The third kappa shape index (κ3) is 4.83. The number of aryl methyl sites for hydroxylation is 1. The molecule has 0 bridgehead atoms. The topological polar surface area (TPSA) is 32.8 Å². The van der Waals surface area contributed by atoms with Crippen LogP contribution >= 0.6 is 0 Å². The first-order valence-corrected chi connectivity index (χ1v) is 8.90. The number of ether oxygens (including phenoxy) is 1. The Kier molecular flexibility index (Phi) is 5.71. The molecule has 4 heteroatoms. The van der Waals surface area contributed by atoms with Gasteiger partial charge in [0.2, 0.25) is 0 Å². The minimum Gasteiger partial charge on any atom is -0.481 e. The molecule has 1 fully saturated rings. The van der Waals surface area contributed by atoms with E-state index in [0.29, 0.717) is 0 Å². The van der Waals surface area contributed by atoms with Gasteiger partial charge in [0.1, 0.15) is 5.75 Å². The van der Waals surface area contributed by atoms with Crippen molar-refractivity contribution in [1.29, 1.82) is 0 Å². The maximum absolute atomic E-state index is 12.6. The molecule has 1 aliphatic heterocycles. The molecule has 1 atom stereocenters. The van der Waals surface area contributed by atoms with Crippen molar-refractivity contribution in [3.63, 3.8) is 0 Å². The highest BCUT2D eigenvalue weighted by atomic mass is 16.5. The molecule has 4 nitrogen and oxygen atoms in total. The van der Waals surface area contributed by atoms with Crippen LogP contribution in [0.5, 0.6) is 5.75 Å². The summed E-state index contributed by atoms with van der Waals surface area (Å²) in [4.78, 5) is 16.9. The molecule has 0 N–H and O–H groups in total. The molecule has 25 heavy (non-hydrogen) atoms. The first-order valence-electron chi connectivity index (χ1n) is 8.90. The number of piperazine rings is 1. The van der Waals surface area contributed by atoms with Crippen LogP contribution in [0, 0.1) is 6.92 Å². The van der Waals surface area contributed by atoms with Gasteiger partial charge in [0.05, 0.1) is 0 Å². The Bertz CT molecular complexity index is 677. The Morgan fingerprint density at radius 1 is 1.00 bits per heavy atom. The zero-order valence-corrected chi connectivity index (χ0v) is 15.0. The van der Waals surface area contributed by atoms with Gasteiger partial charge in [-0.3, -0.25) is 9.69 Å². The van der Waals surface area contributed by atoms with Gasteiger partial charge in [0.25, 0.3) is 5.91 Å². The molecule has 2 aromatic carbocycles. The average Bonchev–Trinajstić information content (AvgIpc) is 2.64. The van der Waals surface area contributed by atoms with Crippen LogP contribution in [0.1, 0.15) is 18.1 Å². The lowest BCUT2D eigenvalue weighted by Gasteiger charge is -2.35. The van der Waals surface area contributed by atoms with Crippen molar-refractivity contribution >= 4 is 5.91 Å². The number of hydrogen-bond donors (Lipinski definition) is 0. The van der Waals surface area contributed by atoms with Gasteiger partial charge in [-0.2, -0.15) is 0 Å². The number of rotatable bonds is 5. The van der Waals surface area contributed by atoms with E-state index < -0.39 is 6.10 Å². The zero-order valence-electron chi connectivity index (χ0n) is 15.0. The lowest BCUT2D eigenvalue weighted by molar-refractivity contribution is -0.139. The van der Waals surface area contributed by atoms with Crippen LogP contribution in [0.3, 0.4) is 0 Å². The molecule has 0 saturated carbocycles. The minimum absolute atomic E-state index is 0.0684. The normalized spacial score (nSPS) is 16.5. The van der Waals surface area contributed by atoms with E-state index in [1.54, 1.807) is 0 Å². The first kappa shape index (κ1) is 17.5. The maximum Gasteiger partial charge on any atom is 0.263 e. The van der Waals surface area contributed by atoms with Crippen LogP contribution < -0.4 is 4.74 Å². The zero-order chi connectivity index (χ0) is 17.6. The van der Waals surface area contributed by atoms with Crippen LogP contribution in [-0.2, 0) is 11.3 Å². The van der Waals surface area contributed by atoms with Crippen molar-refractivity contribution in [2.75, 3.05) is 26.2 Å². The summed E-state index contributed by atoms with van der Waals surface area (Å²) in [5.74, 6) is 0.806. The van der Waals surface area contributed by atoms with E-state index in [9.17, 15) is 4.79 Å². The van der Waals surface area contributed by atoms with Gasteiger partial charge in [-0.1, -0.05) is 48.0 Å². The highest BCUT2D eigenvalue weighted by Gasteiger charge is 2.26. The Morgan fingerprint density at radius 2 is 1.64 bits per heavy atom. The molecule has 2 aromatic rings. The summed E-state index contributed by atoms with van der Waals surface area (Å²) >= 11 is 0. The molecule has 1 saturated heterocycles. The standard InChI is InChI=1S/C21H26N2O2/c1-17-8-10-19(11-9-17)16-22-12-14-23(15-13-22)21(24)18(2)25-20-6-4-3-5-7-20/h3-11,18H,12-16H2,1-2H3. The largest absolute Gasteiger partial charge is 0.481 e. The minimum atomic E-state index is -0.453. The van der Waals surface area contributed by atoms with Crippen LogP contribution in [0.25, 0.3) is 0 Å². The van der Waals surface area contributed by atoms with E-state index in [0.717, 1.165) is 38.5 Å². The molecule has 1 amide bonds. The van der Waals surface area contributed by atoms with Crippen molar-refractivity contribution < 1.29 is 9.53 Å². The Hall–Kier alpha value is -2.33. The molecule has 0 aromatic heterocycles. The summed E-state index contributed by atoms with van der Waals surface area (Å²) in [5, 5.41) is 0. The van der Waals surface area contributed by atoms with Crippen LogP contribution in [-0.4, -0.2) is 48.0 Å². The van der Waals surface area contributed by atoms with E-state index >= 15 is 0 Å². The second kappa shape index (κ2) is 8.17. The number of nitrogens with zero attached hydrogens (tertiary/aromatic N) is 2. The van der Waals surface area contributed by atoms with E-state index in [1.165, 1.54) is 11.1 Å². The number of para-hydroxylation sites is 1. The summed E-state index contributed by atoms with van der Waals surface area (Å²) in [6.45, 7) is 8.19. The lowest BCUT2D eigenvalue weighted by Crippen LogP contribution is -2.51. The molecule has 132 valence electrons. The van der Waals surface area contributed by atoms with Gasteiger partial charge in [-0.05, 0) is 31.5 Å². The SMILES string of the molecule is Cc1ccc(CN2CCN(C(=O)C(C)Oc3ccccc3)CC2)cc1. The Balaban J connectivity index is 1.48. The third-order valence-electron chi connectivity index (χ3n) is 4.61. The van der Waals surface area contributed by atoms with Crippen molar-refractivity contribution in [3.8, 4) is 5.75 Å². The number of amides is 1. The molecular weight excluding hydrogens is 312 g/mol. The Morgan fingerprint density at radius 3 is 2.28 bits per heavy atom. The second-order valence-corrected chi connectivity index (χ2v) is 6.66. The predicted molar refractivity (Wildman–Crippen MR) is 99.6 cm³/mol. The molecular formula is C21H26N2O2. The number of carbonyl (C=O) groups excluding carboxylic acids is 1. The first-order chi connectivity index (χ1) is 12.1. The molecule has 1 unspecified atom stereocenters. The molecule has 3 rings (SSSR count). The second-order valence-electron chi connectivity index (χ2n) is 6.66. The third-order valence-corrected chi connectivity index (χ3v) is 4.61. The summed E-state index contributed by atoms with van der Waals surface area (Å²) in [6, 6.07) is 18.2. The maximum atomic E-state index is 12.6. The molecule has 0 aliphatic carbocycles. The van der Waals surface area contributed by atoms with Crippen LogP contribution in [0.4, 0.5) is 0 Å². The fourth-order valence-corrected chi connectivity index (χ4v) is 3.09. The van der Waals surface area contributed by atoms with Crippen molar-refractivity contribution in [1.82, 2.24) is 9.80 Å². The van der Waals surface area contributed by atoms with E-state index in [2.05, 4.69) is 36.1 Å². The fraction of sp³-hybridized carbons (Fsp3) is 0.381. The summed E-state index contributed by atoms with van der Waals surface area (Å²) in [6.07, 6.45) is -0.453. The summed E-state index contributed by atoms with van der Waals surface area (Å²) in [5.41, 5.74) is 2.61. The van der Waals surface area contributed by atoms with Gasteiger partial charge < -0.3 is 9.64 Å². The van der Waals surface area contributed by atoms with Gasteiger partial charge in [-0.25, -0.2) is 0 Å². The lowest BCUT2D eigenvalue weighted by atomic mass is 10.1. The highest BCUT2D eigenvalue weighted by molar-refractivity contribution is 5.81. The number of carbonyl (C=O) groups is 1. The van der Waals surface area contributed by atoms with E-state index in [1.807, 2.05) is 42.2 Å². The van der Waals surface area contributed by atoms with Gasteiger partial charge in [0.15, 0.2) is 6.10 Å².